The van der Waals surface area contributed by atoms with Gasteiger partial charge in [-0.25, -0.2) is 0 Å². The normalized spacial score (nSPS) is 29.7. The van der Waals surface area contributed by atoms with Crippen molar-refractivity contribution < 1.29 is 29.0 Å². The molecule has 0 radical (unpaired) electrons. The average molecular weight is 485 g/mol. The number of aryl methyl sites for hydroxylation is 2. The van der Waals surface area contributed by atoms with Crippen LogP contribution in [-0.4, -0.2) is 71.3 Å². The van der Waals surface area contributed by atoms with Crippen LogP contribution in [0.3, 0.4) is 0 Å². The maximum absolute atomic E-state index is 14.4. The Morgan fingerprint density at radius 1 is 1.37 bits per heavy atom. The highest BCUT2D eigenvalue weighted by molar-refractivity contribution is 6.05. The zero-order valence-corrected chi connectivity index (χ0v) is 21.0. The molecule has 0 saturated carbocycles. The smallest absolute Gasteiger partial charge is 0.312 e. The highest BCUT2D eigenvalue weighted by Gasteiger charge is 2.75. The van der Waals surface area contributed by atoms with Gasteiger partial charge >= 0.3 is 5.97 Å². The van der Waals surface area contributed by atoms with Gasteiger partial charge in [0.2, 0.25) is 5.91 Å². The van der Waals surface area contributed by atoms with Gasteiger partial charge in [-0.05, 0) is 57.2 Å². The highest BCUT2D eigenvalue weighted by Crippen LogP contribution is 2.59. The lowest BCUT2D eigenvalue weighted by Crippen LogP contribution is -2.59. The second-order valence-electron chi connectivity index (χ2n) is 9.83. The van der Waals surface area contributed by atoms with Crippen LogP contribution in [0.5, 0.6) is 0 Å². The Kier molecular flexibility index (Phi) is 7.06. The van der Waals surface area contributed by atoms with Crippen molar-refractivity contribution in [1.82, 2.24) is 4.90 Å². The Labute approximate surface area is 206 Å². The Morgan fingerprint density at radius 2 is 2.11 bits per heavy atom. The van der Waals surface area contributed by atoms with Gasteiger partial charge < -0.3 is 24.4 Å². The third kappa shape index (κ3) is 3.87. The minimum atomic E-state index is -1.13. The van der Waals surface area contributed by atoms with E-state index in [9.17, 15) is 19.5 Å². The molecule has 1 aromatic rings. The van der Waals surface area contributed by atoms with Gasteiger partial charge in [-0.1, -0.05) is 25.1 Å². The van der Waals surface area contributed by atoms with E-state index in [1.54, 1.807) is 17.9 Å². The molecule has 8 nitrogen and oxygen atoms in total. The molecule has 4 rings (SSSR count). The lowest BCUT2D eigenvalue weighted by Gasteiger charge is -2.39. The van der Waals surface area contributed by atoms with E-state index in [1.807, 2.05) is 39.0 Å². The van der Waals surface area contributed by atoms with Crippen LogP contribution in [0.4, 0.5) is 5.69 Å². The summed E-state index contributed by atoms with van der Waals surface area (Å²) in [5, 5.41) is 10.2. The van der Waals surface area contributed by atoms with Gasteiger partial charge in [0.05, 0.1) is 37.2 Å². The van der Waals surface area contributed by atoms with Gasteiger partial charge in [-0.2, -0.15) is 0 Å². The minimum absolute atomic E-state index is 0.204. The summed E-state index contributed by atoms with van der Waals surface area (Å²) in [6, 6.07) is 4.38. The molecular formula is C27H36N2O6. The number of hydrogen-bond acceptors (Lipinski definition) is 6. The number of nitrogens with zero attached hydrogens (tertiary/aromatic N) is 2. The molecule has 1 spiro atoms. The molecule has 0 aliphatic carbocycles. The zero-order valence-electron chi connectivity index (χ0n) is 21.0. The largest absolute Gasteiger partial charge is 0.466 e. The predicted octanol–water partition coefficient (Wildman–Crippen LogP) is 2.53. The van der Waals surface area contributed by atoms with Gasteiger partial charge in [0.25, 0.3) is 5.91 Å². The zero-order chi connectivity index (χ0) is 25.5. The van der Waals surface area contributed by atoms with Gasteiger partial charge in [-0.3, -0.25) is 14.4 Å². The summed E-state index contributed by atoms with van der Waals surface area (Å²) in [7, 11) is 0. The number of fused-ring (bicyclic) bond motifs is 1. The Bertz CT molecular complexity index is 1020. The van der Waals surface area contributed by atoms with Crippen molar-refractivity contribution in [3.63, 3.8) is 0 Å². The number of esters is 1. The van der Waals surface area contributed by atoms with Crippen LogP contribution in [0.25, 0.3) is 0 Å². The summed E-state index contributed by atoms with van der Waals surface area (Å²) in [6.45, 7) is 11.5. The summed E-state index contributed by atoms with van der Waals surface area (Å²) in [6.07, 6.45) is 2.74. The summed E-state index contributed by atoms with van der Waals surface area (Å²) in [4.78, 5) is 44.4. The average Bonchev–Trinajstić information content (AvgIpc) is 3.48. The number of amides is 2. The lowest BCUT2D eigenvalue weighted by atomic mass is 9.70. The van der Waals surface area contributed by atoms with Crippen LogP contribution in [-0.2, 0) is 23.9 Å². The molecule has 3 saturated heterocycles. The van der Waals surface area contributed by atoms with Crippen molar-refractivity contribution in [2.75, 3.05) is 24.7 Å². The Balaban J connectivity index is 1.83. The summed E-state index contributed by atoms with van der Waals surface area (Å²) >= 11 is 0. The molecule has 2 amide bonds. The fourth-order valence-electron chi connectivity index (χ4n) is 6.28. The van der Waals surface area contributed by atoms with Gasteiger partial charge in [-0.15, -0.1) is 6.58 Å². The summed E-state index contributed by atoms with van der Waals surface area (Å²) in [5.74, 6) is -2.61. The first kappa shape index (κ1) is 25.4. The number of rotatable bonds is 9. The molecule has 3 aliphatic rings. The second-order valence-corrected chi connectivity index (χ2v) is 9.83. The first-order valence-electron chi connectivity index (χ1n) is 12.5. The topological polar surface area (TPSA) is 96.4 Å². The highest BCUT2D eigenvalue weighted by atomic mass is 16.6. The molecule has 35 heavy (non-hydrogen) atoms. The fraction of sp³-hybridized carbons (Fsp3) is 0.593. The van der Waals surface area contributed by atoms with Crippen LogP contribution in [0.2, 0.25) is 0 Å². The fourth-order valence-corrected chi connectivity index (χ4v) is 6.28. The maximum atomic E-state index is 14.4. The van der Waals surface area contributed by atoms with Crippen LogP contribution in [0.1, 0.15) is 44.2 Å². The molecule has 3 fully saturated rings. The first-order valence-corrected chi connectivity index (χ1v) is 12.5. The number of hydrogen-bond donors (Lipinski definition) is 1. The molecule has 2 bridgehead atoms. The SMILES string of the molecule is C=CCN(C(=O)C1N([C@@H](CC)CO)C(=O)[C@@H]2[C@H](C(=O)OCC)[C@@H]3CCC12O3)c1cc(C)ccc1C. The molecule has 0 aromatic heterocycles. The quantitative estimate of drug-likeness (QED) is 0.428. The number of carbonyl (C=O) groups is 3. The number of aliphatic hydroxyl groups excluding tert-OH is 1. The van der Waals surface area contributed by atoms with Crippen LogP contribution >= 0.6 is 0 Å². The molecule has 3 heterocycles. The first-order chi connectivity index (χ1) is 16.7. The van der Waals surface area contributed by atoms with E-state index in [4.69, 9.17) is 9.47 Å². The minimum Gasteiger partial charge on any atom is -0.466 e. The van der Waals surface area contributed by atoms with Gasteiger partial charge in [0, 0.05) is 12.2 Å². The molecule has 6 atom stereocenters. The van der Waals surface area contributed by atoms with Crippen molar-refractivity contribution in [2.24, 2.45) is 11.8 Å². The second kappa shape index (κ2) is 9.74. The molecule has 2 unspecified atom stereocenters. The number of carbonyl (C=O) groups excluding carboxylic acids is 3. The third-order valence-electron chi connectivity index (χ3n) is 7.84. The monoisotopic (exact) mass is 484 g/mol. The molecule has 3 aliphatic heterocycles. The van der Waals surface area contributed by atoms with E-state index in [0.29, 0.717) is 19.3 Å². The number of likely N-dealkylation sites (tertiary alicyclic amines) is 1. The van der Waals surface area contributed by atoms with Gasteiger partial charge in [0.15, 0.2) is 0 Å². The van der Waals surface area contributed by atoms with E-state index < -0.39 is 41.6 Å². The molecule has 8 heteroatoms. The molecule has 1 N–H and O–H groups in total. The van der Waals surface area contributed by atoms with Crippen molar-refractivity contribution in [3.8, 4) is 0 Å². The van der Waals surface area contributed by atoms with E-state index in [2.05, 4.69) is 6.58 Å². The van der Waals surface area contributed by atoms with Crippen LogP contribution in [0, 0.1) is 25.7 Å². The van der Waals surface area contributed by atoms with E-state index in [-0.39, 0.29) is 31.6 Å². The maximum Gasteiger partial charge on any atom is 0.312 e. The lowest BCUT2D eigenvalue weighted by molar-refractivity contribution is -0.155. The number of ether oxygens (including phenoxy) is 2. The third-order valence-corrected chi connectivity index (χ3v) is 7.84. The number of benzene rings is 1. The van der Waals surface area contributed by atoms with E-state index in [1.165, 1.54) is 4.90 Å². The van der Waals surface area contributed by atoms with Crippen LogP contribution < -0.4 is 4.90 Å². The van der Waals surface area contributed by atoms with Crippen molar-refractivity contribution in [2.45, 2.75) is 70.7 Å². The number of aliphatic hydroxyl groups is 1. The molecule has 190 valence electrons. The summed E-state index contributed by atoms with van der Waals surface area (Å²) < 4.78 is 11.7. The van der Waals surface area contributed by atoms with Crippen molar-refractivity contribution in [1.29, 1.82) is 0 Å². The predicted molar refractivity (Wildman–Crippen MR) is 131 cm³/mol. The van der Waals surface area contributed by atoms with E-state index in [0.717, 1.165) is 16.8 Å². The summed E-state index contributed by atoms with van der Waals surface area (Å²) in [5.41, 5.74) is 1.54. The Morgan fingerprint density at radius 3 is 2.74 bits per heavy atom. The van der Waals surface area contributed by atoms with Crippen molar-refractivity contribution >= 4 is 23.5 Å². The van der Waals surface area contributed by atoms with Gasteiger partial charge in [0.1, 0.15) is 11.6 Å². The molecule has 1 aromatic carbocycles. The van der Waals surface area contributed by atoms with Crippen molar-refractivity contribution in [3.05, 3.63) is 42.0 Å². The molecular weight excluding hydrogens is 448 g/mol. The Hall–Kier alpha value is -2.71. The number of anilines is 1. The standard InChI is InChI=1S/C27H36N2O6/c1-6-13-28(19-14-16(4)9-10-17(19)5)25(32)23-27-12-11-20(35-27)21(26(33)34-8-3)22(27)24(31)29(23)18(7-2)15-30/h6,9-10,14,18,20-23,30H,1,7-8,11-13,15H2,2-5H3/t18-,20-,21+,22-,23?,27?/m0/s1. The van der Waals surface area contributed by atoms with E-state index >= 15 is 0 Å². The van der Waals surface area contributed by atoms with Crippen LogP contribution in [0.15, 0.2) is 30.9 Å².